The van der Waals surface area contributed by atoms with Crippen molar-refractivity contribution in [2.24, 2.45) is 0 Å². The van der Waals surface area contributed by atoms with Gasteiger partial charge in [0.05, 0.1) is 6.61 Å². The SMILES string of the molecule is Cc1cccc(NC(=O)OCCCCCCl)c1. The Balaban J connectivity index is 2.21. The predicted octanol–water partition coefficient (Wildman–Crippen LogP) is 3.95. The third-order valence-corrected chi connectivity index (χ3v) is 2.54. The number of amides is 1. The first kappa shape index (κ1) is 13.8. The van der Waals surface area contributed by atoms with Crippen LogP contribution in [0.15, 0.2) is 24.3 Å². The smallest absolute Gasteiger partial charge is 0.411 e. The second-order valence-electron chi connectivity index (χ2n) is 3.88. The topological polar surface area (TPSA) is 38.3 Å². The molecule has 1 rings (SSSR count). The van der Waals surface area contributed by atoms with Crippen LogP contribution in [0.4, 0.5) is 10.5 Å². The monoisotopic (exact) mass is 255 g/mol. The Morgan fingerprint density at radius 1 is 1.35 bits per heavy atom. The number of alkyl halides is 1. The van der Waals surface area contributed by atoms with Crippen LogP contribution in [0.2, 0.25) is 0 Å². The van der Waals surface area contributed by atoms with E-state index in [4.69, 9.17) is 16.3 Å². The van der Waals surface area contributed by atoms with E-state index < -0.39 is 6.09 Å². The van der Waals surface area contributed by atoms with Crippen LogP contribution in [0.1, 0.15) is 24.8 Å². The van der Waals surface area contributed by atoms with Gasteiger partial charge in [0, 0.05) is 11.6 Å². The molecule has 1 aromatic carbocycles. The Labute approximate surface area is 107 Å². The zero-order valence-electron chi connectivity index (χ0n) is 10.0. The summed E-state index contributed by atoms with van der Waals surface area (Å²) in [4.78, 5) is 11.4. The summed E-state index contributed by atoms with van der Waals surface area (Å²) in [5.74, 6) is 0.662. The number of carbonyl (C=O) groups excluding carboxylic acids is 1. The molecule has 0 saturated carbocycles. The van der Waals surface area contributed by atoms with E-state index in [2.05, 4.69) is 5.32 Å². The van der Waals surface area contributed by atoms with Gasteiger partial charge in [-0.2, -0.15) is 0 Å². The Kier molecular flexibility index (Phi) is 6.48. The van der Waals surface area contributed by atoms with Crippen molar-refractivity contribution in [1.29, 1.82) is 0 Å². The molecule has 0 fully saturated rings. The molecule has 0 spiro atoms. The minimum atomic E-state index is -0.401. The van der Waals surface area contributed by atoms with Gasteiger partial charge >= 0.3 is 6.09 Å². The summed E-state index contributed by atoms with van der Waals surface area (Å²) < 4.78 is 5.04. The third-order valence-electron chi connectivity index (χ3n) is 2.28. The summed E-state index contributed by atoms with van der Waals surface area (Å²) in [5, 5.41) is 2.69. The molecule has 0 saturated heterocycles. The average Bonchev–Trinajstić information content (AvgIpc) is 2.29. The van der Waals surface area contributed by atoms with Crippen molar-refractivity contribution in [3.8, 4) is 0 Å². The molecule has 0 aliphatic carbocycles. The molecule has 0 bridgehead atoms. The molecule has 0 aromatic heterocycles. The molecular weight excluding hydrogens is 238 g/mol. The molecular formula is C13H18ClNO2. The summed E-state index contributed by atoms with van der Waals surface area (Å²) in [7, 11) is 0. The lowest BCUT2D eigenvalue weighted by atomic mass is 10.2. The predicted molar refractivity (Wildman–Crippen MR) is 70.7 cm³/mol. The standard InChI is InChI=1S/C13H18ClNO2/c1-11-6-5-7-12(10-11)15-13(16)17-9-4-2-3-8-14/h5-7,10H,2-4,8-9H2,1H3,(H,15,16). The number of ether oxygens (including phenoxy) is 1. The van der Waals surface area contributed by atoms with Crippen LogP contribution in [-0.2, 0) is 4.74 Å². The van der Waals surface area contributed by atoms with Gasteiger partial charge in [-0.05, 0) is 43.9 Å². The number of hydrogen-bond donors (Lipinski definition) is 1. The van der Waals surface area contributed by atoms with Crippen molar-refractivity contribution in [3.05, 3.63) is 29.8 Å². The summed E-state index contributed by atoms with van der Waals surface area (Å²) in [6, 6.07) is 7.60. The molecule has 1 amide bonds. The van der Waals surface area contributed by atoms with Gasteiger partial charge in [0.25, 0.3) is 0 Å². The van der Waals surface area contributed by atoms with E-state index in [1.165, 1.54) is 0 Å². The minimum absolute atomic E-state index is 0.401. The molecule has 0 aliphatic rings. The molecule has 0 heterocycles. The number of halogens is 1. The first-order valence-electron chi connectivity index (χ1n) is 5.79. The first-order chi connectivity index (χ1) is 8.22. The lowest BCUT2D eigenvalue weighted by Crippen LogP contribution is -2.14. The molecule has 1 aromatic rings. The molecule has 4 heteroatoms. The Morgan fingerprint density at radius 2 is 2.18 bits per heavy atom. The second kappa shape index (κ2) is 7.96. The lowest BCUT2D eigenvalue weighted by Gasteiger charge is -2.07. The number of unbranched alkanes of at least 4 members (excludes halogenated alkanes) is 2. The fourth-order valence-corrected chi connectivity index (χ4v) is 1.60. The van der Waals surface area contributed by atoms with Crippen molar-refractivity contribution in [2.45, 2.75) is 26.2 Å². The third kappa shape index (κ3) is 6.17. The van der Waals surface area contributed by atoms with Gasteiger partial charge in [-0.15, -0.1) is 11.6 Å². The fraction of sp³-hybridized carbons (Fsp3) is 0.462. The number of benzene rings is 1. The van der Waals surface area contributed by atoms with Gasteiger partial charge in [-0.3, -0.25) is 5.32 Å². The number of hydrogen-bond acceptors (Lipinski definition) is 2. The maximum absolute atomic E-state index is 11.4. The molecule has 0 aliphatic heterocycles. The Bertz CT molecular complexity index is 355. The first-order valence-corrected chi connectivity index (χ1v) is 6.32. The van der Waals surface area contributed by atoms with Crippen molar-refractivity contribution in [3.63, 3.8) is 0 Å². The Morgan fingerprint density at radius 3 is 2.88 bits per heavy atom. The van der Waals surface area contributed by atoms with Gasteiger partial charge in [-0.1, -0.05) is 12.1 Å². The molecule has 94 valence electrons. The highest BCUT2D eigenvalue weighted by molar-refractivity contribution is 6.17. The highest BCUT2D eigenvalue weighted by Crippen LogP contribution is 2.09. The van der Waals surface area contributed by atoms with Crippen LogP contribution >= 0.6 is 11.6 Å². The molecule has 0 atom stereocenters. The maximum atomic E-state index is 11.4. The van der Waals surface area contributed by atoms with E-state index in [0.29, 0.717) is 12.5 Å². The van der Waals surface area contributed by atoms with Crippen molar-refractivity contribution < 1.29 is 9.53 Å². The van der Waals surface area contributed by atoms with Crippen LogP contribution in [0.5, 0.6) is 0 Å². The van der Waals surface area contributed by atoms with Crippen LogP contribution < -0.4 is 5.32 Å². The van der Waals surface area contributed by atoms with Gasteiger partial charge < -0.3 is 4.74 Å². The summed E-state index contributed by atoms with van der Waals surface area (Å²) in [5.41, 5.74) is 1.86. The van der Waals surface area contributed by atoms with Gasteiger partial charge in [0.2, 0.25) is 0 Å². The zero-order valence-corrected chi connectivity index (χ0v) is 10.8. The number of aryl methyl sites for hydroxylation is 1. The molecule has 1 N–H and O–H groups in total. The van der Waals surface area contributed by atoms with Crippen LogP contribution in [-0.4, -0.2) is 18.6 Å². The molecule has 0 radical (unpaired) electrons. The zero-order chi connectivity index (χ0) is 12.5. The number of rotatable bonds is 6. The quantitative estimate of drug-likeness (QED) is 0.617. The number of carbonyl (C=O) groups is 1. The largest absolute Gasteiger partial charge is 0.449 e. The molecule has 3 nitrogen and oxygen atoms in total. The fourth-order valence-electron chi connectivity index (χ4n) is 1.41. The van der Waals surface area contributed by atoms with E-state index in [1.54, 1.807) is 0 Å². The van der Waals surface area contributed by atoms with E-state index in [0.717, 1.165) is 30.5 Å². The summed E-state index contributed by atoms with van der Waals surface area (Å²) in [6.07, 6.45) is 2.40. The van der Waals surface area contributed by atoms with Crippen LogP contribution in [0.3, 0.4) is 0 Å². The number of nitrogens with one attached hydrogen (secondary N) is 1. The van der Waals surface area contributed by atoms with E-state index in [9.17, 15) is 4.79 Å². The molecule has 0 unspecified atom stereocenters. The van der Waals surface area contributed by atoms with Crippen LogP contribution in [0.25, 0.3) is 0 Å². The normalized spacial score (nSPS) is 10.0. The number of anilines is 1. The van der Waals surface area contributed by atoms with E-state index in [-0.39, 0.29) is 0 Å². The van der Waals surface area contributed by atoms with E-state index in [1.807, 2.05) is 31.2 Å². The highest BCUT2D eigenvalue weighted by Gasteiger charge is 2.02. The van der Waals surface area contributed by atoms with Crippen molar-refractivity contribution in [2.75, 3.05) is 17.8 Å². The van der Waals surface area contributed by atoms with Gasteiger partial charge in [0.15, 0.2) is 0 Å². The Hall–Kier alpha value is -1.22. The maximum Gasteiger partial charge on any atom is 0.411 e. The lowest BCUT2D eigenvalue weighted by molar-refractivity contribution is 0.159. The molecule has 17 heavy (non-hydrogen) atoms. The summed E-state index contributed by atoms with van der Waals surface area (Å²) >= 11 is 5.55. The van der Waals surface area contributed by atoms with E-state index >= 15 is 0 Å². The average molecular weight is 256 g/mol. The second-order valence-corrected chi connectivity index (χ2v) is 4.26. The van der Waals surface area contributed by atoms with Crippen molar-refractivity contribution >= 4 is 23.4 Å². The van der Waals surface area contributed by atoms with Gasteiger partial charge in [0.1, 0.15) is 0 Å². The summed E-state index contributed by atoms with van der Waals surface area (Å²) in [6.45, 7) is 2.41. The minimum Gasteiger partial charge on any atom is -0.449 e. The van der Waals surface area contributed by atoms with Crippen molar-refractivity contribution in [1.82, 2.24) is 0 Å². The van der Waals surface area contributed by atoms with Gasteiger partial charge in [-0.25, -0.2) is 4.79 Å². The van der Waals surface area contributed by atoms with Crippen LogP contribution in [0, 0.1) is 6.92 Å². The highest BCUT2D eigenvalue weighted by atomic mass is 35.5.